The number of anilines is 1. The Morgan fingerprint density at radius 2 is 1.71 bits per heavy atom. The van der Waals surface area contributed by atoms with Gasteiger partial charge in [-0.05, 0) is 36.1 Å². The summed E-state index contributed by atoms with van der Waals surface area (Å²) in [6.45, 7) is 3.97. The molecule has 0 fully saturated rings. The zero-order chi connectivity index (χ0) is 25.0. The van der Waals surface area contributed by atoms with Gasteiger partial charge in [-0.2, -0.15) is 5.26 Å². The topological polar surface area (TPSA) is 135 Å². The van der Waals surface area contributed by atoms with E-state index in [1.807, 2.05) is 19.9 Å². The van der Waals surface area contributed by atoms with Gasteiger partial charge in [-0.1, -0.05) is 25.6 Å². The summed E-state index contributed by atoms with van der Waals surface area (Å²) in [5.74, 6) is -1.93. The number of hydrogen-bond donors (Lipinski definition) is 1. The Labute approximate surface area is 200 Å². The Hall–Kier alpha value is -3.71. The molecule has 1 aliphatic carbocycles. The van der Waals surface area contributed by atoms with Crippen molar-refractivity contribution >= 4 is 41.1 Å². The minimum Gasteiger partial charge on any atom is -0.465 e. The largest absolute Gasteiger partial charge is 0.465 e. The lowest BCUT2D eigenvalue weighted by Gasteiger charge is -2.29. The zero-order valence-electron chi connectivity index (χ0n) is 19.2. The highest BCUT2D eigenvalue weighted by atomic mass is 32.2. The molecule has 1 aromatic carbocycles. The molecule has 0 atom stereocenters. The van der Waals surface area contributed by atoms with Crippen LogP contribution in [0.25, 0.3) is 0 Å². The number of methoxy groups -OCH3 is 2. The summed E-state index contributed by atoms with van der Waals surface area (Å²) in [7, 11) is 2.41. The van der Waals surface area contributed by atoms with Crippen molar-refractivity contribution < 1.29 is 28.7 Å². The molecule has 1 heterocycles. The Kier molecular flexibility index (Phi) is 7.37. The summed E-state index contributed by atoms with van der Waals surface area (Å²) in [4.78, 5) is 53.4. The summed E-state index contributed by atoms with van der Waals surface area (Å²) in [5, 5.41) is 12.5. The summed E-state index contributed by atoms with van der Waals surface area (Å²) < 4.78 is 9.38. The van der Waals surface area contributed by atoms with Gasteiger partial charge >= 0.3 is 11.9 Å². The number of pyridine rings is 1. The van der Waals surface area contributed by atoms with Crippen LogP contribution >= 0.6 is 11.8 Å². The molecule has 0 radical (unpaired) electrons. The SMILES string of the molecule is COC(=O)c1cc(NC(=O)CSc2nc3c(cc2C#N)C(=O)CC(C)(C)C3)cc(C(=O)OC)c1. The number of rotatable bonds is 6. The average Bonchev–Trinajstić information content (AvgIpc) is 2.80. The Balaban J connectivity index is 1.79. The standard InChI is InChI=1S/C24H23N3O6S/c1-24(2)9-18-17(19(28)10-24)8-15(11-25)21(27-18)34-12-20(29)26-16-6-13(22(30)32-3)5-14(7-16)23(31)33-4/h5-8H,9-10,12H2,1-4H3,(H,26,29). The highest BCUT2D eigenvalue weighted by molar-refractivity contribution is 8.00. The Morgan fingerprint density at radius 3 is 2.26 bits per heavy atom. The van der Waals surface area contributed by atoms with Gasteiger partial charge in [-0.3, -0.25) is 9.59 Å². The zero-order valence-corrected chi connectivity index (χ0v) is 20.0. The maximum Gasteiger partial charge on any atom is 0.337 e. The lowest BCUT2D eigenvalue weighted by molar-refractivity contribution is -0.113. The number of ether oxygens (including phenoxy) is 2. The number of nitrogens with one attached hydrogen (secondary N) is 1. The van der Waals surface area contributed by atoms with Crippen LogP contribution in [0.4, 0.5) is 5.69 Å². The molecule has 2 aromatic rings. The predicted molar refractivity (Wildman–Crippen MR) is 124 cm³/mol. The fraction of sp³-hybridized carbons (Fsp3) is 0.333. The van der Waals surface area contributed by atoms with Crippen molar-refractivity contribution in [1.82, 2.24) is 4.98 Å². The molecule has 1 amide bonds. The number of amides is 1. The molecule has 9 nitrogen and oxygen atoms in total. The van der Waals surface area contributed by atoms with Crippen molar-refractivity contribution in [2.24, 2.45) is 5.41 Å². The predicted octanol–water partition coefficient (Wildman–Crippen LogP) is 3.41. The van der Waals surface area contributed by atoms with Gasteiger partial charge in [-0.25, -0.2) is 14.6 Å². The number of benzene rings is 1. The average molecular weight is 482 g/mol. The van der Waals surface area contributed by atoms with Crippen LogP contribution in [0.15, 0.2) is 29.3 Å². The fourth-order valence-corrected chi connectivity index (χ4v) is 4.42. The van der Waals surface area contributed by atoms with E-state index in [2.05, 4.69) is 10.3 Å². The monoisotopic (exact) mass is 481 g/mol. The molecule has 0 saturated heterocycles. The molecule has 0 aliphatic heterocycles. The van der Waals surface area contributed by atoms with Crippen LogP contribution in [-0.4, -0.2) is 48.6 Å². The molecule has 0 spiro atoms. The molecular weight excluding hydrogens is 458 g/mol. The van der Waals surface area contributed by atoms with Crippen LogP contribution in [0, 0.1) is 16.7 Å². The smallest absolute Gasteiger partial charge is 0.337 e. The number of carbonyl (C=O) groups is 4. The van der Waals surface area contributed by atoms with Crippen LogP contribution in [0.5, 0.6) is 0 Å². The maximum atomic E-state index is 12.6. The van der Waals surface area contributed by atoms with E-state index < -0.39 is 17.8 Å². The van der Waals surface area contributed by atoms with E-state index in [9.17, 15) is 24.4 Å². The second-order valence-corrected chi connectivity index (χ2v) is 9.47. The quantitative estimate of drug-likeness (QED) is 0.486. The van der Waals surface area contributed by atoms with E-state index in [4.69, 9.17) is 9.47 Å². The molecule has 3 rings (SSSR count). The summed E-state index contributed by atoms with van der Waals surface area (Å²) >= 11 is 1.06. The molecule has 1 aliphatic rings. The molecule has 0 saturated carbocycles. The molecule has 1 aromatic heterocycles. The molecule has 10 heteroatoms. The third kappa shape index (κ3) is 5.61. The lowest BCUT2D eigenvalue weighted by atomic mass is 9.75. The minimum absolute atomic E-state index is 0.0450. The first-order valence-electron chi connectivity index (χ1n) is 10.3. The summed E-state index contributed by atoms with van der Waals surface area (Å²) in [6, 6.07) is 7.66. The number of thioether (sulfide) groups is 1. The van der Waals surface area contributed by atoms with Gasteiger partial charge in [0.05, 0.1) is 42.4 Å². The van der Waals surface area contributed by atoms with Gasteiger partial charge in [0.25, 0.3) is 0 Å². The Morgan fingerprint density at radius 1 is 1.09 bits per heavy atom. The highest BCUT2D eigenvalue weighted by Crippen LogP contribution is 2.36. The summed E-state index contributed by atoms with van der Waals surface area (Å²) in [5.41, 5.74) is 1.43. The summed E-state index contributed by atoms with van der Waals surface area (Å²) in [6.07, 6.45) is 0.982. The number of fused-ring (bicyclic) bond motifs is 1. The maximum absolute atomic E-state index is 12.6. The third-order valence-electron chi connectivity index (χ3n) is 5.17. The van der Waals surface area contributed by atoms with Crippen LogP contribution in [0.1, 0.15) is 62.6 Å². The number of Topliss-reactive ketones (excluding diaryl/α,β-unsaturated/α-hetero) is 1. The molecule has 34 heavy (non-hydrogen) atoms. The van der Waals surface area contributed by atoms with Gasteiger partial charge < -0.3 is 14.8 Å². The van der Waals surface area contributed by atoms with Gasteiger partial charge in [0, 0.05) is 17.7 Å². The Bertz CT molecular complexity index is 1200. The number of carbonyl (C=O) groups excluding carboxylic acids is 4. The third-order valence-corrected chi connectivity index (χ3v) is 6.16. The molecule has 0 bridgehead atoms. The minimum atomic E-state index is -0.676. The first-order valence-corrected chi connectivity index (χ1v) is 11.3. The van der Waals surface area contributed by atoms with Crippen molar-refractivity contribution in [3.05, 3.63) is 52.2 Å². The van der Waals surface area contributed by atoms with E-state index in [-0.39, 0.29) is 39.3 Å². The molecule has 1 N–H and O–H groups in total. The fourth-order valence-electron chi connectivity index (χ4n) is 3.65. The highest BCUT2D eigenvalue weighted by Gasteiger charge is 2.33. The van der Waals surface area contributed by atoms with Crippen molar-refractivity contribution in [2.45, 2.75) is 31.7 Å². The molecule has 176 valence electrons. The second-order valence-electron chi connectivity index (χ2n) is 8.51. The van der Waals surface area contributed by atoms with Crippen LogP contribution in [-0.2, 0) is 20.7 Å². The van der Waals surface area contributed by atoms with E-state index in [0.29, 0.717) is 29.1 Å². The first-order chi connectivity index (χ1) is 16.1. The van der Waals surface area contributed by atoms with E-state index in [1.54, 1.807) is 6.07 Å². The number of aromatic nitrogens is 1. The van der Waals surface area contributed by atoms with E-state index >= 15 is 0 Å². The van der Waals surface area contributed by atoms with E-state index in [1.165, 1.54) is 32.4 Å². The number of nitrogens with zero attached hydrogens (tertiary/aromatic N) is 2. The van der Waals surface area contributed by atoms with Crippen LogP contribution in [0.2, 0.25) is 0 Å². The lowest BCUT2D eigenvalue weighted by Crippen LogP contribution is -2.28. The van der Waals surface area contributed by atoms with Gasteiger partial charge in [0.1, 0.15) is 11.1 Å². The van der Waals surface area contributed by atoms with E-state index in [0.717, 1.165) is 11.8 Å². The second kappa shape index (κ2) is 10.1. The van der Waals surface area contributed by atoms with Crippen molar-refractivity contribution in [1.29, 1.82) is 5.26 Å². The molecule has 0 unspecified atom stereocenters. The number of ketones is 1. The van der Waals surface area contributed by atoms with Gasteiger partial charge in [0.2, 0.25) is 5.91 Å². The molecular formula is C24H23N3O6S. The number of hydrogen-bond acceptors (Lipinski definition) is 9. The first kappa shape index (κ1) is 24.9. The van der Waals surface area contributed by atoms with Gasteiger partial charge in [0.15, 0.2) is 5.78 Å². The van der Waals surface area contributed by atoms with Crippen LogP contribution in [0.3, 0.4) is 0 Å². The van der Waals surface area contributed by atoms with Crippen LogP contribution < -0.4 is 5.32 Å². The van der Waals surface area contributed by atoms with Crippen molar-refractivity contribution in [3.8, 4) is 6.07 Å². The van der Waals surface area contributed by atoms with Gasteiger partial charge in [-0.15, -0.1) is 0 Å². The normalized spacial score (nSPS) is 13.9. The number of nitriles is 1. The van der Waals surface area contributed by atoms with Crippen molar-refractivity contribution in [2.75, 3.05) is 25.3 Å². The number of esters is 2. The van der Waals surface area contributed by atoms with Crippen molar-refractivity contribution in [3.63, 3.8) is 0 Å².